The summed E-state index contributed by atoms with van der Waals surface area (Å²) in [5.41, 5.74) is 15.1. The van der Waals surface area contributed by atoms with Crippen LogP contribution < -0.4 is 5.32 Å². The molecule has 0 fully saturated rings. The zero-order valence-corrected chi connectivity index (χ0v) is 34.4. The Morgan fingerprint density at radius 3 is 1.84 bits per heavy atom. The minimum Gasteiger partial charge on any atom is -0.354 e. The maximum absolute atomic E-state index is 9.75. The Bertz CT molecular complexity index is 3370. The quantitative estimate of drug-likeness (QED) is 0.150. The summed E-state index contributed by atoms with van der Waals surface area (Å²) in [5.74, 6) is 0.663. The third kappa shape index (κ3) is 6.90. The van der Waals surface area contributed by atoms with Gasteiger partial charge in [0.2, 0.25) is 0 Å². The molecule has 0 atom stereocenters. The van der Waals surface area contributed by atoms with Crippen LogP contribution in [0.3, 0.4) is 0 Å². The summed E-state index contributed by atoms with van der Waals surface area (Å²) in [7, 11) is 0. The fourth-order valence-electron chi connectivity index (χ4n) is 8.46. The maximum atomic E-state index is 9.75. The second-order valence-corrected chi connectivity index (χ2v) is 16.4. The third-order valence-electron chi connectivity index (χ3n) is 11.5. The van der Waals surface area contributed by atoms with Crippen molar-refractivity contribution < 1.29 is 0 Å². The van der Waals surface area contributed by atoms with E-state index < -0.39 is 0 Å². The summed E-state index contributed by atoms with van der Waals surface area (Å²) in [6, 6.07) is 73.5. The molecule has 0 amide bonds. The molecule has 0 saturated carbocycles. The van der Waals surface area contributed by atoms with Crippen LogP contribution in [0.5, 0.6) is 0 Å². The molecule has 0 spiro atoms. The van der Waals surface area contributed by atoms with E-state index in [1.807, 2.05) is 65.9 Å². The smallest absolute Gasteiger partial charge is 0.160 e. The fraction of sp³-hybridized carbons (Fsp3) is 0. The molecule has 11 rings (SSSR count). The van der Waals surface area contributed by atoms with Gasteiger partial charge in [0.15, 0.2) is 5.82 Å². The van der Waals surface area contributed by atoms with Crippen molar-refractivity contribution in [3.63, 3.8) is 0 Å². The van der Waals surface area contributed by atoms with Crippen molar-refractivity contribution in [3.05, 3.63) is 240 Å². The van der Waals surface area contributed by atoms with Crippen LogP contribution in [0.2, 0.25) is 0 Å². The van der Waals surface area contributed by atoms with Crippen molar-refractivity contribution in [1.29, 1.82) is 5.41 Å². The Balaban J connectivity index is 1.03. The molecule has 2 N–H and O–H groups in total. The molecule has 1 aliphatic heterocycles. The van der Waals surface area contributed by atoms with Crippen LogP contribution in [0.15, 0.2) is 212 Å². The molecule has 1 aliphatic rings. The molecule has 10 aromatic rings. The highest BCUT2D eigenvalue weighted by atomic mass is 32.1. The van der Waals surface area contributed by atoms with Gasteiger partial charge in [-0.25, -0.2) is 9.97 Å². The van der Waals surface area contributed by atoms with Gasteiger partial charge in [0.1, 0.15) is 0 Å². The standard InChI is InChI=1S/C57H38N4S/c58-54(40-18-6-2-7-19-40)53(55-45-25-11-10-22-43(45)35-49(59-55)37-16-4-1-5-17-37)39-32-30-38(31-33-39)50-36-51(61-57(60-50)41-20-8-3-9-21-41)44-24-14-23-42(34-44)46-27-15-28-48-47-26-12-13-29-52(47)62-56(46)48/h1-36,58-59H/b55-53-,58-54?. The number of nitrogens with one attached hydrogen (secondary N) is 2. The number of hydrogen-bond acceptors (Lipinski definition) is 5. The van der Waals surface area contributed by atoms with E-state index in [1.165, 1.54) is 25.7 Å². The molecule has 5 heteroatoms. The highest BCUT2D eigenvalue weighted by Crippen LogP contribution is 2.41. The van der Waals surface area contributed by atoms with Gasteiger partial charge in [-0.2, -0.15) is 0 Å². The predicted octanol–water partition coefficient (Wildman–Crippen LogP) is 14.6. The largest absolute Gasteiger partial charge is 0.354 e. The van der Waals surface area contributed by atoms with Crippen LogP contribution in [0.25, 0.3) is 88.2 Å². The number of thiophene rings is 1. The molecule has 62 heavy (non-hydrogen) atoms. The Morgan fingerprint density at radius 1 is 0.452 bits per heavy atom. The Kier molecular flexibility index (Phi) is 9.49. The number of fused-ring (bicyclic) bond motifs is 4. The molecule has 0 aliphatic carbocycles. The zero-order chi connectivity index (χ0) is 41.4. The number of rotatable bonds is 8. The first-order valence-corrected chi connectivity index (χ1v) is 21.5. The van der Waals surface area contributed by atoms with E-state index in [4.69, 9.17) is 9.97 Å². The molecule has 3 heterocycles. The van der Waals surface area contributed by atoms with Gasteiger partial charge in [0, 0.05) is 59.3 Å². The van der Waals surface area contributed by atoms with Crippen molar-refractivity contribution >= 4 is 60.3 Å². The molecule has 4 nitrogen and oxygen atoms in total. The van der Waals surface area contributed by atoms with Crippen molar-refractivity contribution in [1.82, 2.24) is 15.3 Å². The summed E-state index contributed by atoms with van der Waals surface area (Å²) >= 11 is 1.84. The first kappa shape index (κ1) is 37.0. The van der Waals surface area contributed by atoms with Crippen LogP contribution in [0.1, 0.15) is 27.8 Å². The van der Waals surface area contributed by atoms with Crippen LogP contribution in [-0.4, -0.2) is 15.7 Å². The zero-order valence-electron chi connectivity index (χ0n) is 33.6. The molecule has 0 unspecified atom stereocenters. The summed E-state index contributed by atoms with van der Waals surface area (Å²) in [6.07, 6.45) is 2.19. The Labute approximate surface area is 364 Å². The number of allylic oxidation sites excluding steroid dienone is 1. The molecule has 0 saturated heterocycles. The molecule has 0 radical (unpaired) electrons. The highest BCUT2D eigenvalue weighted by molar-refractivity contribution is 7.26. The van der Waals surface area contributed by atoms with E-state index >= 15 is 0 Å². The minimum atomic E-state index is 0.437. The van der Waals surface area contributed by atoms with Gasteiger partial charge in [-0.3, -0.25) is 5.41 Å². The topological polar surface area (TPSA) is 61.7 Å². The van der Waals surface area contributed by atoms with Crippen molar-refractivity contribution in [3.8, 4) is 45.0 Å². The molecule has 2 aromatic heterocycles. The number of hydrogen-bond donors (Lipinski definition) is 2. The van der Waals surface area contributed by atoms with Crippen LogP contribution >= 0.6 is 11.3 Å². The summed E-state index contributed by atoms with van der Waals surface area (Å²) in [5, 5.41) is 16.1. The summed E-state index contributed by atoms with van der Waals surface area (Å²) in [4.78, 5) is 10.4. The summed E-state index contributed by atoms with van der Waals surface area (Å²) < 4.78 is 2.58. The van der Waals surface area contributed by atoms with Crippen molar-refractivity contribution in [2.75, 3.05) is 0 Å². The van der Waals surface area contributed by atoms with E-state index in [2.05, 4.69) is 169 Å². The van der Waals surface area contributed by atoms with E-state index in [-0.39, 0.29) is 0 Å². The number of benzene rings is 8. The minimum absolute atomic E-state index is 0.437. The predicted molar refractivity (Wildman–Crippen MR) is 261 cm³/mol. The maximum Gasteiger partial charge on any atom is 0.160 e. The van der Waals surface area contributed by atoms with Gasteiger partial charge in [0.25, 0.3) is 0 Å². The number of nitrogens with zero attached hydrogens (tertiary/aromatic N) is 2. The number of aromatic nitrogens is 2. The van der Waals surface area contributed by atoms with Crippen LogP contribution in [0.4, 0.5) is 0 Å². The first-order chi connectivity index (χ1) is 30.6. The van der Waals surface area contributed by atoms with Gasteiger partial charge in [-0.1, -0.05) is 194 Å². The molecular formula is C57H38N4S. The van der Waals surface area contributed by atoms with Gasteiger partial charge < -0.3 is 5.32 Å². The van der Waals surface area contributed by atoms with Crippen molar-refractivity contribution in [2.24, 2.45) is 0 Å². The van der Waals surface area contributed by atoms with Crippen LogP contribution in [-0.2, 0) is 0 Å². The lowest BCUT2D eigenvalue weighted by Crippen LogP contribution is -2.20. The molecule has 0 bridgehead atoms. The Hall–Kier alpha value is -7.99. The SMILES string of the molecule is N=C(/C(=C1\NC(c2ccccc2)=Cc2ccccc21)c1ccc(-c2cc(-c3cccc(-c4cccc5c4sc4ccccc45)c3)nc(-c3ccccc3)n2)cc1)c1ccccc1. The lowest BCUT2D eigenvalue weighted by Gasteiger charge is -2.26. The van der Waals surface area contributed by atoms with E-state index in [9.17, 15) is 5.41 Å². The lowest BCUT2D eigenvalue weighted by molar-refractivity contribution is 1.18. The molecule has 8 aromatic carbocycles. The van der Waals surface area contributed by atoms with Crippen LogP contribution in [0, 0.1) is 5.41 Å². The van der Waals surface area contributed by atoms with E-state index in [0.29, 0.717) is 11.5 Å². The van der Waals surface area contributed by atoms with Gasteiger partial charge in [-0.15, -0.1) is 11.3 Å². The third-order valence-corrected chi connectivity index (χ3v) is 12.8. The average molecular weight is 811 g/mol. The van der Waals surface area contributed by atoms with Gasteiger partial charge in [-0.05, 0) is 52.1 Å². The average Bonchev–Trinajstić information content (AvgIpc) is 3.74. The normalized spacial score (nSPS) is 13.0. The monoisotopic (exact) mass is 810 g/mol. The Morgan fingerprint density at radius 2 is 1.05 bits per heavy atom. The van der Waals surface area contributed by atoms with Gasteiger partial charge in [0.05, 0.1) is 22.8 Å². The first-order valence-electron chi connectivity index (χ1n) is 20.7. The highest BCUT2D eigenvalue weighted by Gasteiger charge is 2.24. The van der Waals surface area contributed by atoms with E-state index in [1.54, 1.807) is 0 Å². The second-order valence-electron chi connectivity index (χ2n) is 15.4. The fourth-order valence-corrected chi connectivity index (χ4v) is 9.70. The summed E-state index contributed by atoms with van der Waals surface area (Å²) in [6.45, 7) is 0. The molecule has 292 valence electrons. The second kappa shape index (κ2) is 15.9. The molecular weight excluding hydrogens is 773 g/mol. The lowest BCUT2D eigenvalue weighted by atomic mass is 9.87. The van der Waals surface area contributed by atoms with Crippen molar-refractivity contribution in [2.45, 2.75) is 0 Å². The van der Waals surface area contributed by atoms with E-state index in [0.717, 1.165) is 78.4 Å². The van der Waals surface area contributed by atoms with Gasteiger partial charge >= 0.3 is 0 Å².